The number of thiazole rings is 1. The summed E-state index contributed by atoms with van der Waals surface area (Å²) in [6, 6.07) is 7.42. The Morgan fingerprint density at radius 3 is 3.00 bits per heavy atom. The van der Waals surface area contributed by atoms with Gasteiger partial charge in [0.15, 0.2) is 11.0 Å². The van der Waals surface area contributed by atoms with Gasteiger partial charge in [0.05, 0.1) is 0 Å². The lowest BCUT2D eigenvalue weighted by Crippen LogP contribution is -2.15. The zero-order chi connectivity index (χ0) is 12.3. The van der Waals surface area contributed by atoms with Crippen molar-refractivity contribution in [1.82, 2.24) is 4.98 Å². The van der Waals surface area contributed by atoms with Crippen LogP contribution in [0.15, 0.2) is 41.0 Å². The Morgan fingerprint density at radius 2 is 2.35 bits per heavy atom. The molecule has 1 aromatic carbocycles. The molecule has 0 bridgehead atoms. The number of benzene rings is 1. The van der Waals surface area contributed by atoms with Crippen LogP contribution in [0.2, 0.25) is 0 Å². The Kier molecular flexibility index (Phi) is 3.24. The lowest BCUT2D eigenvalue weighted by Gasteiger charge is -2.16. The van der Waals surface area contributed by atoms with E-state index in [0.717, 1.165) is 10.8 Å². The van der Waals surface area contributed by atoms with Crippen molar-refractivity contribution in [3.05, 3.63) is 41.4 Å². The molecule has 0 saturated carbocycles. The highest BCUT2D eigenvalue weighted by Crippen LogP contribution is 2.25. The van der Waals surface area contributed by atoms with Crippen molar-refractivity contribution in [2.75, 3.05) is 11.9 Å². The van der Waals surface area contributed by atoms with E-state index >= 15 is 0 Å². The summed E-state index contributed by atoms with van der Waals surface area (Å²) in [6.07, 6.45) is 1.75. The van der Waals surface area contributed by atoms with Crippen molar-refractivity contribution < 1.29 is 5.21 Å². The van der Waals surface area contributed by atoms with Gasteiger partial charge in [-0.2, -0.15) is 0 Å². The molecule has 0 amide bonds. The molecule has 2 aromatic rings. The molecule has 0 spiro atoms. The second kappa shape index (κ2) is 4.84. The Morgan fingerprint density at radius 1 is 1.53 bits per heavy atom. The Bertz CT molecular complexity index is 524. The molecule has 0 aliphatic rings. The van der Waals surface area contributed by atoms with Crippen LogP contribution in [0.5, 0.6) is 0 Å². The molecule has 88 valence electrons. The van der Waals surface area contributed by atoms with Crippen LogP contribution in [0.25, 0.3) is 0 Å². The maximum atomic E-state index is 8.64. The largest absolute Gasteiger partial charge is 0.409 e. The lowest BCUT2D eigenvalue weighted by atomic mass is 10.2. The quantitative estimate of drug-likeness (QED) is 0.377. The van der Waals surface area contributed by atoms with Gasteiger partial charge >= 0.3 is 0 Å². The highest BCUT2D eigenvalue weighted by atomic mass is 32.1. The minimum absolute atomic E-state index is 0.0967. The molecule has 17 heavy (non-hydrogen) atoms. The molecule has 0 fully saturated rings. The number of oxime groups is 1. The normalized spacial score (nSPS) is 11.5. The minimum atomic E-state index is 0.0967. The van der Waals surface area contributed by atoms with Crippen LogP contribution in [0.1, 0.15) is 5.56 Å². The first-order chi connectivity index (χ1) is 8.22. The van der Waals surface area contributed by atoms with Crippen LogP contribution in [-0.4, -0.2) is 23.1 Å². The Labute approximate surface area is 103 Å². The van der Waals surface area contributed by atoms with Crippen LogP contribution < -0.4 is 10.6 Å². The fourth-order valence-electron chi connectivity index (χ4n) is 1.42. The van der Waals surface area contributed by atoms with Crippen molar-refractivity contribution in [2.45, 2.75) is 0 Å². The van der Waals surface area contributed by atoms with E-state index in [4.69, 9.17) is 10.9 Å². The third kappa shape index (κ3) is 2.36. The van der Waals surface area contributed by atoms with E-state index in [1.54, 1.807) is 23.6 Å². The van der Waals surface area contributed by atoms with Gasteiger partial charge in [-0.25, -0.2) is 4.98 Å². The van der Waals surface area contributed by atoms with Gasteiger partial charge in [0.2, 0.25) is 0 Å². The van der Waals surface area contributed by atoms with Crippen LogP contribution >= 0.6 is 11.3 Å². The minimum Gasteiger partial charge on any atom is -0.409 e. The summed E-state index contributed by atoms with van der Waals surface area (Å²) in [5.41, 5.74) is 7.16. The molecule has 0 aliphatic carbocycles. The average Bonchev–Trinajstić information content (AvgIpc) is 2.91. The molecule has 0 radical (unpaired) electrons. The number of hydrogen-bond donors (Lipinski definition) is 2. The number of rotatable bonds is 3. The second-order valence-corrected chi connectivity index (χ2v) is 4.28. The zero-order valence-corrected chi connectivity index (χ0v) is 10.1. The molecule has 2 rings (SSSR count). The van der Waals surface area contributed by atoms with E-state index in [0.29, 0.717) is 5.56 Å². The van der Waals surface area contributed by atoms with Crippen molar-refractivity contribution >= 4 is 28.0 Å². The van der Waals surface area contributed by atoms with Gasteiger partial charge in [0.1, 0.15) is 0 Å². The summed E-state index contributed by atoms with van der Waals surface area (Å²) < 4.78 is 0. The van der Waals surface area contributed by atoms with Gasteiger partial charge in [-0.1, -0.05) is 17.3 Å². The number of aromatic nitrogens is 1. The summed E-state index contributed by atoms with van der Waals surface area (Å²) >= 11 is 1.55. The number of nitrogens with two attached hydrogens (primary N) is 1. The molecule has 0 aliphatic heterocycles. The monoisotopic (exact) mass is 248 g/mol. The first-order valence-corrected chi connectivity index (χ1v) is 5.81. The van der Waals surface area contributed by atoms with Crippen LogP contribution in [0, 0.1) is 0 Å². The smallest absolute Gasteiger partial charge is 0.189 e. The average molecular weight is 248 g/mol. The first kappa shape index (κ1) is 11.4. The molecule has 3 N–H and O–H groups in total. The Hall–Kier alpha value is -2.08. The van der Waals surface area contributed by atoms with Crippen molar-refractivity contribution in [1.29, 1.82) is 0 Å². The van der Waals surface area contributed by atoms with Crippen molar-refractivity contribution in [3.8, 4) is 0 Å². The summed E-state index contributed by atoms with van der Waals surface area (Å²) in [6.45, 7) is 0. The van der Waals surface area contributed by atoms with E-state index in [1.807, 2.05) is 35.5 Å². The van der Waals surface area contributed by atoms with Gasteiger partial charge in [-0.15, -0.1) is 11.3 Å². The van der Waals surface area contributed by atoms with E-state index < -0.39 is 0 Å². The van der Waals surface area contributed by atoms with Gasteiger partial charge in [0.25, 0.3) is 0 Å². The van der Waals surface area contributed by atoms with Crippen LogP contribution in [0.3, 0.4) is 0 Å². The van der Waals surface area contributed by atoms with Gasteiger partial charge in [0, 0.05) is 29.9 Å². The van der Waals surface area contributed by atoms with Crippen molar-refractivity contribution in [3.63, 3.8) is 0 Å². The van der Waals surface area contributed by atoms with Crippen LogP contribution in [0.4, 0.5) is 10.8 Å². The Balaban J connectivity index is 2.34. The zero-order valence-electron chi connectivity index (χ0n) is 9.24. The van der Waals surface area contributed by atoms with E-state index in [-0.39, 0.29) is 5.84 Å². The third-order valence-corrected chi connectivity index (χ3v) is 3.19. The molecular formula is C11H12N4OS. The SMILES string of the molecule is CN(c1cccc(C(N)=NO)c1)c1nccs1. The first-order valence-electron chi connectivity index (χ1n) is 4.93. The molecule has 5 nitrogen and oxygen atoms in total. The lowest BCUT2D eigenvalue weighted by molar-refractivity contribution is 0.318. The van der Waals surface area contributed by atoms with E-state index in [9.17, 15) is 0 Å². The summed E-state index contributed by atoms with van der Waals surface area (Å²) in [4.78, 5) is 6.16. The molecule has 0 atom stereocenters. The van der Waals surface area contributed by atoms with Gasteiger partial charge in [-0.05, 0) is 12.1 Å². The maximum absolute atomic E-state index is 8.64. The predicted octanol–water partition coefficient (Wildman–Crippen LogP) is 2.01. The number of nitrogens with zero attached hydrogens (tertiary/aromatic N) is 3. The molecular weight excluding hydrogens is 236 g/mol. The van der Waals surface area contributed by atoms with Gasteiger partial charge < -0.3 is 15.8 Å². The third-order valence-electron chi connectivity index (χ3n) is 2.34. The maximum Gasteiger partial charge on any atom is 0.189 e. The number of amidine groups is 1. The highest BCUT2D eigenvalue weighted by molar-refractivity contribution is 7.13. The van der Waals surface area contributed by atoms with Crippen LogP contribution in [-0.2, 0) is 0 Å². The van der Waals surface area contributed by atoms with E-state index in [2.05, 4.69) is 10.1 Å². The summed E-state index contributed by atoms with van der Waals surface area (Å²) in [7, 11) is 1.92. The van der Waals surface area contributed by atoms with Crippen molar-refractivity contribution in [2.24, 2.45) is 10.9 Å². The standard InChI is InChI=1S/C11H12N4OS/c1-15(11-13-5-6-17-11)9-4-2-3-8(7-9)10(12)14-16/h2-7,16H,1H3,(H2,12,14). The van der Waals surface area contributed by atoms with Gasteiger partial charge in [-0.3, -0.25) is 0 Å². The molecule has 6 heteroatoms. The molecule has 0 saturated heterocycles. The fourth-order valence-corrected chi connectivity index (χ4v) is 2.05. The topological polar surface area (TPSA) is 74.7 Å². The second-order valence-electron chi connectivity index (χ2n) is 3.41. The number of hydrogen-bond acceptors (Lipinski definition) is 5. The van der Waals surface area contributed by atoms with E-state index in [1.165, 1.54) is 0 Å². The molecule has 0 unspecified atom stereocenters. The predicted molar refractivity (Wildman–Crippen MR) is 69.1 cm³/mol. The highest BCUT2D eigenvalue weighted by Gasteiger charge is 2.08. The molecule has 1 aromatic heterocycles. The summed E-state index contributed by atoms with van der Waals surface area (Å²) in [5.74, 6) is 0.0967. The number of anilines is 2. The molecule has 1 heterocycles. The fraction of sp³-hybridized carbons (Fsp3) is 0.0909. The summed E-state index contributed by atoms with van der Waals surface area (Å²) in [5, 5.41) is 14.4.